The molecule has 1 heterocycles. The molecule has 2 aromatic rings. The van der Waals surface area contributed by atoms with E-state index in [1.165, 1.54) is 12.1 Å². The Bertz CT molecular complexity index is 569. The first-order valence-electron chi connectivity index (χ1n) is 6.59. The topological polar surface area (TPSA) is 74.2 Å². The summed E-state index contributed by atoms with van der Waals surface area (Å²) < 4.78 is 23.9. The van der Waals surface area contributed by atoms with Crippen molar-refractivity contribution in [2.24, 2.45) is 5.73 Å². The molecule has 0 radical (unpaired) electrons. The second kappa shape index (κ2) is 6.47. The molecule has 0 spiro atoms. The van der Waals surface area contributed by atoms with E-state index in [4.69, 9.17) is 15.0 Å². The predicted molar refractivity (Wildman–Crippen MR) is 71.6 cm³/mol. The first kappa shape index (κ1) is 14.5. The summed E-state index contributed by atoms with van der Waals surface area (Å²) in [5.41, 5.74) is 6.41. The number of aryl methyl sites for hydroxylation is 1. The molecule has 1 aromatic heterocycles. The van der Waals surface area contributed by atoms with Crippen molar-refractivity contribution in [2.45, 2.75) is 39.3 Å². The molecular formula is C14H18FN3O2. The molecule has 0 aliphatic carbocycles. The lowest BCUT2D eigenvalue weighted by Gasteiger charge is -2.12. The standard InChI is InChI=1S/C14H18FN3O2/c1-3-4-13-17-14(20-18-13)8-19-12-6-5-10(15)7-11(12)9(2)16/h5-7,9H,3-4,8,16H2,1-2H3/t9-/m1/s1. The van der Waals surface area contributed by atoms with Gasteiger partial charge in [0.15, 0.2) is 12.4 Å². The molecule has 0 saturated heterocycles. The molecule has 1 aromatic carbocycles. The Morgan fingerprint density at radius 1 is 1.45 bits per heavy atom. The summed E-state index contributed by atoms with van der Waals surface area (Å²) in [6.07, 6.45) is 1.72. The van der Waals surface area contributed by atoms with Gasteiger partial charge in [-0.1, -0.05) is 12.1 Å². The smallest absolute Gasteiger partial charge is 0.264 e. The van der Waals surface area contributed by atoms with Crippen molar-refractivity contribution >= 4 is 0 Å². The van der Waals surface area contributed by atoms with E-state index < -0.39 is 0 Å². The highest BCUT2D eigenvalue weighted by molar-refractivity contribution is 5.36. The summed E-state index contributed by atoms with van der Waals surface area (Å²) in [4.78, 5) is 4.20. The van der Waals surface area contributed by atoms with E-state index in [1.54, 1.807) is 13.0 Å². The summed E-state index contributed by atoms with van der Waals surface area (Å²) in [6.45, 7) is 3.95. The molecule has 0 fully saturated rings. The molecule has 0 aliphatic rings. The fourth-order valence-corrected chi connectivity index (χ4v) is 1.82. The minimum absolute atomic E-state index is 0.141. The molecule has 1 atom stereocenters. The van der Waals surface area contributed by atoms with Crippen LogP contribution in [0.15, 0.2) is 22.7 Å². The lowest BCUT2D eigenvalue weighted by Crippen LogP contribution is -2.08. The predicted octanol–water partition coefficient (Wildman–Crippen LogP) is 2.76. The fraction of sp³-hybridized carbons (Fsp3) is 0.429. The van der Waals surface area contributed by atoms with Gasteiger partial charge in [0.05, 0.1) is 0 Å². The number of ether oxygens (including phenoxy) is 1. The maximum absolute atomic E-state index is 13.2. The number of rotatable bonds is 6. The van der Waals surface area contributed by atoms with E-state index in [0.29, 0.717) is 23.0 Å². The van der Waals surface area contributed by atoms with E-state index in [0.717, 1.165) is 12.8 Å². The highest BCUT2D eigenvalue weighted by Gasteiger charge is 2.12. The Hall–Kier alpha value is -1.95. The second-order valence-electron chi connectivity index (χ2n) is 4.61. The van der Waals surface area contributed by atoms with Crippen LogP contribution in [0.4, 0.5) is 4.39 Å². The average Bonchev–Trinajstić information content (AvgIpc) is 2.85. The lowest BCUT2D eigenvalue weighted by molar-refractivity contribution is 0.239. The zero-order valence-electron chi connectivity index (χ0n) is 11.6. The number of halogens is 1. The highest BCUT2D eigenvalue weighted by atomic mass is 19.1. The lowest BCUT2D eigenvalue weighted by atomic mass is 10.1. The van der Waals surface area contributed by atoms with Crippen LogP contribution in [0.1, 0.15) is 43.6 Å². The third kappa shape index (κ3) is 3.54. The van der Waals surface area contributed by atoms with Crippen LogP contribution in [0.5, 0.6) is 5.75 Å². The van der Waals surface area contributed by atoms with Crippen molar-refractivity contribution in [1.29, 1.82) is 0 Å². The van der Waals surface area contributed by atoms with Crippen LogP contribution in [0.2, 0.25) is 0 Å². The molecule has 6 heteroatoms. The normalized spacial score (nSPS) is 12.4. The maximum atomic E-state index is 13.2. The summed E-state index contributed by atoms with van der Waals surface area (Å²) in [6, 6.07) is 3.93. The van der Waals surface area contributed by atoms with Crippen molar-refractivity contribution in [3.05, 3.63) is 41.3 Å². The average molecular weight is 279 g/mol. The van der Waals surface area contributed by atoms with E-state index >= 15 is 0 Å². The van der Waals surface area contributed by atoms with E-state index in [9.17, 15) is 4.39 Å². The Morgan fingerprint density at radius 3 is 2.95 bits per heavy atom. The van der Waals surface area contributed by atoms with Crippen molar-refractivity contribution in [3.63, 3.8) is 0 Å². The van der Waals surface area contributed by atoms with Gasteiger partial charge in [-0.25, -0.2) is 4.39 Å². The molecule has 2 rings (SSSR count). The molecule has 0 amide bonds. The van der Waals surface area contributed by atoms with Gasteiger partial charge in [-0.15, -0.1) is 0 Å². The first-order valence-corrected chi connectivity index (χ1v) is 6.59. The number of nitrogens with two attached hydrogens (primary N) is 1. The molecule has 0 saturated carbocycles. The number of hydrogen-bond donors (Lipinski definition) is 1. The minimum Gasteiger partial charge on any atom is -0.483 e. The molecular weight excluding hydrogens is 261 g/mol. The van der Waals surface area contributed by atoms with Gasteiger partial charge in [-0.3, -0.25) is 0 Å². The molecule has 0 unspecified atom stereocenters. The van der Waals surface area contributed by atoms with Gasteiger partial charge >= 0.3 is 0 Å². The Labute approximate surface area is 116 Å². The summed E-state index contributed by atoms with van der Waals surface area (Å²) in [7, 11) is 0. The molecule has 2 N–H and O–H groups in total. The molecule has 0 bridgehead atoms. The van der Waals surface area contributed by atoms with Crippen LogP contribution >= 0.6 is 0 Å². The number of aromatic nitrogens is 2. The van der Waals surface area contributed by atoms with Crippen molar-refractivity contribution in [2.75, 3.05) is 0 Å². The zero-order chi connectivity index (χ0) is 14.5. The Morgan fingerprint density at radius 2 is 2.25 bits per heavy atom. The van der Waals surface area contributed by atoms with Gasteiger partial charge in [0.25, 0.3) is 5.89 Å². The number of nitrogens with zero attached hydrogens (tertiary/aromatic N) is 2. The van der Waals surface area contributed by atoms with Gasteiger partial charge < -0.3 is 15.0 Å². The van der Waals surface area contributed by atoms with Gasteiger partial charge in [0, 0.05) is 18.0 Å². The molecule has 108 valence electrons. The van der Waals surface area contributed by atoms with Crippen LogP contribution in [-0.4, -0.2) is 10.1 Å². The van der Waals surface area contributed by atoms with E-state index in [2.05, 4.69) is 10.1 Å². The van der Waals surface area contributed by atoms with Crippen molar-refractivity contribution in [1.82, 2.24) is 10.1 Å². The third-order valence-electron chi connectivity index (χ3n) is 2.80. The van der Waals surface area contributed by atoms with Crippen LogP contribution in [-0.2, 0) is 13.0 Å². The zero-order valence-corrected chi connectivity index (χ0v) is 11.6. The van der Waals surface area contributed by atoms with Crippen LogP contribution < -0.4 is 10.5 Å². The van der Waals surface area contributed by atoms with Crippen LogP contribution in [0.25, 0.3) is 0 Å². The SMILES string of the molecule is CCCc1noc(COc2ccc(F)cc2[C@@H](C)N)n1. The van der Waals surface area contributed by atoms with Gasteiger partial charge in [0.1, 0.15) is 11.6 Å². The van der Waals surface area contributed by atoms with Gasteiger partial charge in [-0.2, -0.15) is 4.98 Å². The molecule has 0 aliphatic heterocycles. The highest BCUT2D eigenvalue weighted by Crippen LogP contribution is 2.25. The molecule has 5 nitrogen and oxygen atoms in total. The van der Waals surface area contributed by atoms with Gasteiger partial charge in [0.2, 0.25) is 0 Å². The number of hydrogen-bond acceptors (Lipinski definition) is 5. The first-order chi connectivity index (χ1) is 9.60. The van der Waals surface area contributed by atoms with Crippen molar-refractivity contribution < 1.29 is 13.7 Å². The van der Waals surface area contributed by atoms with Crippen molar-refractivity contribution in [3.8, 4) is 5.75 Å². The number of benzene rings is 1. The second-order valence-corrected chi connectivity index (χ2v) is 4.61. The van der Waals surface area contributed by atoms with Gasteiger partial charge in [-0.05, 0) is 31.5 Å². The summed E-state index contributed by atoms with van der Waals surface area (Å²) in [5.74, 6) is 1.25. The largest absolute Gasteiger partial charge is 0.483 e. The van der Waals surface area contributed by atoms with E-state index in [1.807, 2.05) is 6.92 Å². The summed E-state index contributed by atoms with van der Waals surface area (Å²) >= 11 is 0. The molecule has 20 heavy (non-hydrogen) atoms. The summed E-state index contributed by atoms with van der Waals surface area (Å²) in [5, 5.41) is 3.84. The fourth-order valence-electron chi connectivity index (χ4n) is 1.82. The third-order valence-corrected chi connectivity index (χ3v) is 2.80. The van der Waals surface area contributed by atoms with Crippen LogP contribution in [0, 0.1) is 5.82 Å². The van der Waals surface area contributed by atoms with E-state index in [-0.39, 0.29) is 18.5 Å². The maximum Gasteiger partial charge on any atom is 0.264 e. The monoisotopic (exact) mass is 279 g/mol. The quantitative estimate of drug-likeness (QED) is 0.880. The Balaban J connectivity index is 2.06. The Kier molecular flexibility index (Phi) is 4.68. The van der Waals surface area contributed by atoms with Crippen LogP contribution in [0.3, 0.4) is 0 Å². The minimum atomic E-state index is -0.340.